The Bertz CT molecular complexity index is 888. The van der Waals surface area contributed by atoms with Crippen molar-refractivity contribution in [3.63, 3.8) is 0 Å². The minimum Gasteiger partial charge on any atom is -0.444 e. The molecule has 1 N–H and O–H groups in total. The maximum Gasteiger partial charge on any atom is 0.291 e. The highest BCUT2D eigenvalue weighted by molar-refractivity contribution is 9.10. The first-order valence-electron chi connectivity index (χ1n) is 7.63. The second-order valence-corrected chi connectivity index (χ2v) is 8.27. The van der Waals surface area contributed by atoms with Gasteiger partial charge in [0, 0.05) is 18.8 Å². The highest BCUT2D eigenvalue weighted by Gasteiger charge is 2.27. The molecule has 9 heteroatoms. The summed E-state index contributed by atoms with van der Waals surface area (Å²) in [6.07, 6.45) is 0. The minimum atomic E-state index is -3.63. The number of amides is 1. The summed E-state index contributed by atoms with van der Waals surface area (Å²) in [5.41, 5.74) is 1.17. The molecule has 0 radical (unpaired) electrons. The summed E-state index contributed by atoms with van der Waals surface area (Å²) in [7, 11) is -3.63. The van der Waals surface area contributed by atoms with Gasteiger partial charge in [0.15, 0.2) is 10.4 Å². The Morgan fingerprint density at radius 1 is 1.20 bits per heavy atom. The molecule has 0 spiro atoms. The Hall–Kier alpha value is -1.68. The number of morpholine rings is 1. The second kappa shape index (κ2) is 7.28. The van der Waals surface area contributed by atoms with E-state index in [4.69, 9.17) is 9.15 Å². The zero-order valence-electron chi connectivity index (χ0n) is 13.5. The predicted octanol–water partition coefficient (Wildman–Crippen LogP) is 2.62. The molecule has 1 saturated heterocycles. The van der Waals surface area contributed by atoms with Crippen molar-refractivity contribution >= 4 is 37.5 Å². The summed E-state index contributed by atoms with van der Waals surface area (Å²) in [6.45, 7) is 3.18. The highest BCUT2D eigenvalue weighted by atomic mass is 79.9. The van der Waals surface area contributed by atoms with Gasteiger partial charge in [0.05, 0.1) is 18.1 Å². The largest absolute Gasteiger partial charge is 0.444 e. The van der Waals surface area contributed by atoms with Crippen LogP contribution in [0.1, 0.15) is 16.1 Å². The van der Waals surface area contributed by atoms with E-state index in [2.05, 4.69) is 21.2 Å². The molecule has 1 fully saturated rings. The zero-order valence-corrected chi connectivity index (χ0v) is 15.9. The number of hydrogen-bond acceptors (Lipinski definition) is 5. The number of aryl methyl sites for hydroxylation is 1. The molecular weight excluding hydrogens is 412 g/mol. The van der Waals surface area contributed by atoms with Gasteiger partial charge in [0.2, 0.25) is 10.0 Å². The first-order chi connectivity index (χ1) is 11.9. The lowest BCUT2D eigenvalue weighted by Crippen LogP contribution is -2.40. The number of carbonyl (C=O) groups is 1. The van der Waals surface area contributed by atoms with Crippen molar-refractivity contribution in [1.29, 1.82) is 0 Å². The minimum absolute atomic E-state index is 0.132. The van der Waals surface area contributed by atoms with E-state index < -0.39 is 15.9 Å². The smallest absolute Gasteiger partial charge is 0.291 e. The van der Waals surface area contributed by atoms with Crippen LogP contribution in [-0.2, 0) is 14.8 Å². The molecule has 0 bridgehead atoms. The number of halogens is 1. The van der Waals surface area contributed by atoms with Crippen LogP contribution >= 0.6 is 15.9 Å². The fourth-order valence-electron chi connectivity index (χ4n) is 2.45. The molecule has 2 heterocycles. The maximum atomic E-state index is 12.7. The summed E-state index contributed by atoms with van der Waals surface area (Å²) in [5.74, 6) is -0.317. The molecule has 1 aromatic heterocycles. The number of benzene rings is 1. The lowest BCUT2D eigenvalue weighted by molar-refractivity contribution is 0.0730. The standard InChI is InChI=1S/C16H17BrN2O5S/c1-11-2-3-12(25(21,22)19-6-8-23-9-7-19)10-13(11)18-16(20)14-4-5-15(17)24-14/h2-5,10H,6-9H2,1H3,(H,18,20). The third-order valence-corrected chi connectivity index (χ3v) is 6.18. The van der Waals surface area contributed by atoms with Crippen molar-refractivity contribution in [2.45, 2.75) is 11.8 Å². The Balaban J connectivity index is 1.86. The van der Waals surface area contributed by atoms with Crippen molar-refractivity contribution in [3.05, 3.63) is 46.3 Å². The molecule has 1 aliphatic heterocycles. The average Bonchev–Trinajstić information content (AvgIpc) is 3.04. The lowest BCUT2D eigenvalue weighted by atomic mass is 10.2. The van der Waals surface area contributed by atoms with E-state index in [1.54, 1.807) is 25.1 Å². The number of sulfonamides is 1. The number of carbonyl (C=O) groups excluding carboxylic acids is 1. The number of furan rings is 1. The Kier molecular flexibility index (Phi) is 5.28. The van der Waals surface area contributed by atoms with Gasteiger partial charge in [-0.1, -0.05) is 6.07 Å². The van der Waals surface area contributed by atoms with E-state index >= 15 is 0 Å². The van der Waals surface area contributed by atoms with Crippen LogP contribution in [0, 0.1) is 6.92 Å². The molecular formula is C16H17BrN2O5S. The van der Waals surface area contributed by atoms with Gasteiger partial charge in [-0.15, -0.1) is 0 Å². The van der Waals surface area contributed by atoms with E-state index in [-0.39, 0.29) is 10.7 Å². The third kappa shape index (κ3) is 3.95. The molecule has 0 atom stereocenters. The lowest BCUT2D eigenvalue weighted by Gasteiger charge is -2.26. The molecule has 134 valence electrons. The molecule has 25 heavy (non-hydrogen) atoms. The van der Waals surface area contributed by atoms with E-state index in [1.165, 1.54) is 16.4 Å². The van der Waals surface area contributed by atoms with Gasteiger partial charge >= 0.3 is 0 Å². The molecule has 7 nitrogen and oxygen atoms in total. The molecule has 0 aliphatic carbocycles. The van der Waals surface area contributed by atoms with Crippen LogP contribution in [0.3, 0.4) is 0 Å². The van der Waals surface area contributed by atoms with E-state index in [1.807, 2.05) is 0 Å². The Morgan fingerprint density at radius 2 is 1.92 bits per heavy atom. The molecule has 0 unspecified atom stereocenters. The van der Waals surface area contributed by atoms with Crippen molar-refractivity contribution in [2.24, 2.45) is 0 Å². The maximum absolute atomic E-state index is 12.7. The fraction of sp³-hybridized carbons (Fsp3) is 0.312. The number of hydrogen-bond donors (Lipinski definition) is 1. The van der Waals surface area contributed by atoms with Crippen LogP contribution in [0.25, 0.3) is 0 Å². The molecule has 0 saturated carbocycles. The first-order valence-corrected chi connectivity index (χ1v) is 9.86. The summed E-state index contributed by atoms with van der Waals surface area (Å²) >= 11 is 3.14. The van der Waals surface area contributed by atoms with Crippen LogP contribution in [0.5, 0.6) is 0 Å². The average molecular weight is 429 g/mol. The van der Waals surface area contributed by atoms with Crippen LogP contribution in [0.15, 0.2) is 44.3 Å². The van der Waals surface area contributed by atoms with Crippen molar-refractivity contribution in [3.8, 4) is 0 Å². The fourth-order valence-corrected chi connectivity index (χ4v) is 4.19. The SMILES string of the molecule is Cc1ccc(S(=O)(=O)N2CCOCC2)cc1NC(=O)c1ccc(Br)o1. The van der Waals surface area contributed by atoms with Crippen molar-refractivity contribution < 1.29 is 22.4 Å². The van der Waals surface area contributed by atoms with E-state index in [0.717, 1.165) is 5.56 Å². The molecule has 3 rings (SSSR count). The first kappa shape index (κ1) is 18.1. The van der Waals surface area contributed by atoms with Gasteiger partial charge in [0.1, 0.15) is 0 Å². The number of ether oxygens (including phenoxy) is 1. The van der Waals surface area contributed by atoms with Crippen LogP contribution < -0.4 is 5.32 Å². The molecule has 2 aromatic rings. The van der Waals surface area contributed by atoms with Gasteiger partial charge in [0.25, 0.3) is 5.91 Å². The Morgan fingerprint density at radius 3 is 2.56 bits per heavy atom. The van der Waals surface area contributed by atoms with Gasteiger partial charge in [-0.3, -0.25) is 4.79 Å². The number of anilines is 1. The molecule has 1 aromatic carbocycles. The van der Waals surface area contributed by atoms with Crippen molar-refractivity contribution in [1.82, 2.24) is 4.31 Å². The Labute approximate surface area is 154 Å². The number of rotatable bonds is 4. The van der Waals surface area contributed by atoms with E-state index in [9.17, 15) is 13.2 Å². The summed E-state index contributed by atoms with van der Waals surface area (Å²) in [6, 6.07) is 7.82. The topological polar surface area (TPSA) is 88.9 Å². The quantitative estimate of drug-likeness (QED) is 0.808. The van der Waals surface area contributed by atoms with Gasteiger partial charge in [-0.05, 0) is 52.7 Å². The van der Waals surface area contributed by atoms with Gasteiger partial charge in [-0.25, -0.2) is 8.42 Å². The number of nitrogens with one attached hydrogen (secondary N) is 1. The summed E-state index contributed by atoms with van der Waals surface area (Å²) < 4.78 is 37.7. The van der Waals surface area contributed by atoms with Crippen LogP contribution in [0.2, 0.25) is 0 Å². The summed E-state index contributed by atoms with van der Waals surface area (Å²) in [4.78, 5) is 12.4. The number of nitrogens with zero attached hydrogens (tertiary/aromatic N) is 1. The monoisotopic (exact) mass is 428 g/mol. The zero-order chi connectivity index (χ0) is 18.0. The van der Waals surface area contributed by atoms with Crippen LogP contribution in [-0.4, -0.2) is 44.9 Å². The molecule has 1 aliphatic rings. The normalized spacial score (nSPS) is 15.9. The predicted molar refractivity (Wildman–Crippen MR) is 95.1 cm³/mol. The van der Waals surface area contributed by atoms with E-state index in [0.29, 0.717) is 36.7 Å². The van der Waals surface area contributed by atoms with Crippen LogP contribution in [0.4, 0.5) is 5.69 Å². The van der Waals surface area contributed by atoms with Gasteiger partial charge < -0.3 is 14.5 Å². The highest BCUT2D eigenvalue weighted by Crippen LogP contribution is 2.24. The van der Waals surface area contributed by atoms with Crippen molar-refractivity contribution in [2.75, 3.05) is 31.6 Å². The van der Waals surface area contributed by atoms with Gasteiger partial charge in [-0.2, -0.15) is 4.31 Å². The summed E-state index contributed by atoms with van der Waals surface area (Å²) in [5, 5.41) is 2.69. The third-order valence-electron chi connectivity index (χ3n) is 3.86. The second-order valence-electron chi connectivity index (χ2n) is 5.55. The molecule has 1 amide bonds.